The lowest BCUT2D eigenvalue weighted by Crippen LogP contribution is -2.58. The molecule has 5 heteroatoms. The molecule has 0 saturated heterocycles. The van der Waals surface area contributed by atoms with Gasteiger partial charge in [-0.05, 0) is 26.7 Å². The Labute approximate surface area is 109 Å². The zero-order valence-corrected chi connectivity index (χ0v) is 11.7. The Kier molecular flexibility index (Phi) is 5.14. The molecule has 0 spiro atoms. The summed E-state index contributed by atoms with van der Waals surface area (Å²) in [6.07, 6.45) is 4.54. The number of nitrogens with zero attached hydrogens (tertiary/aromatic N) is 1. The fourth-order valence-electron chi connectivity index (χ4n) is 2.30. The van der Waals surface area contributed by atoms with Gasteiger partial charge in [0.1, 0.15) is 6.04 Å². The lowest BCUT2D eigenvalue weighted by Gasteiger charge is -2.33. The molecule has 1 aliphatic carbocycles. The first-order valence-electron chi connectivity index (χ1n) is 6.75. The Morgan fingerprint density at radius 3 is 2.39 bits per heavy atom. The molecule has 3 N–H and O–H groups in total. The van der Waals surface area contributed by atoms with E-state index >= 15 is 0 Å². The average Bonchev–Trinajstić information content (AvgIpc) is 2.37. The zero-order chi connectivity index (χ0) is 13.8. The molecule has 0 aliphatic heterocycles. The van der Waals surface area contributed by atoms with Gasteiger partial charge in [0.2, 0.25) is 11.8 Å². The van der Waals surface area contributed by atoms with Gasteiger partial charge < -0.3 is 16.0 Å². The Balaban J connectivity index is 2.55. The second-order valence-electron chi connectivity index (χ2n) is 5.26. The van der Waals surface area contributed by atoms with E-state index in [2.05, 4.69) is 5.32 Å². The Morgan fingerprint density at radius 1 is 1.33 bits per heavy atom. The number of amides is 2. The number of hydrogen-bond acceptors (Lipinski definition) is 3. The third-order valence-electron chi connectivity index (χ3n) is 3.77. The minimum atomic E-state index is -0.780. The Bertz CT molecular complexity index is 311. The molecule has 1 aliphatic rings. The van der Waals surface area contributed by atoms with E-state index in [4.69, 9.17) is 5.73 Å². The van der Waals surface area contributed by atoms with Gasteiger partial charge in [-0.25, -0.2) is 0 Å². The third kappa shape index (κ3) is 3.45. The van der Waals surface area contributed by atoms with Crippen molar-refractivity contribution in [2.45, 2.75) is 57.5 Å². The van der Waals surface area contributed by atoms with E-state index in [9.17, 15) is 9.59 Å². The normalized spacial score (nSPS) is 20.0. The topological polar surface area (TPSA) is 75.4 Å². The highest BCUT2D eigenvalue weighted by Gasteiger charge is 2.36. The fourth-order valence-corrected chi connectivity index (χ4v) is 2.30. The molecule has 1 saturated carbocycles. The van der Waals surface area contributed by atoms with Crippen molar-refractivity contribution in [2.24, 2.45) is 5.73 Å². The number of rotatable bonds is 4. The summed E-state index contributed by atoms with van der Waals surface area (Å²) in [5.74, 6) is -0.266. The molecule has 0 aromatic carbocycles. The SMILES string of the molecule is CCN(C)C(=O)C(C)NC(=O)C1(N)CCCCC1. The molecule has 0 radical (unpaired) electrons. The number of nitrogens with two attached hydrogens (primary N) is 1. The van der Waals surface area contributed by atoms with Gasteiger partial charge in [0.15, 0.2) is 0 Å². The van der Waals surface area contributed by atoms with Crippen LogP contribution in [0.15, 0.2) is 0 Å². The first-order valence-corrected chi connectivity index (χ1v) is 6.75. The summed E-state index contributed by atoms with van der Waals surface area (Å²) >= 11 is 0. The lowest BCUT2D eigenvalue weighted by atomic mass is 9.82. The third-order valence-corrected chi connectivity index (χ3v) is 3.77. The van der Waals surface area contributed by atoms with Gasteiger partial charge in [0.25, 0.3) is 0 Å². The quantitative estimate of drug-likeness (QED) is 0.773. The number of likely N-dealkylation sites (N-methyl/N-ethyl adjacent to an activating group) is 1. The second-order valence-corrected chi connectivity index (χ2v) is 5.26. The minimum absolute atomic E-state index is 0.0785. The molecule has 2 amide bonds. The molecule has 0 heterocycles. The van der Waals surface area contributed by atoms with Crippen molar-refractivity contribution in [1.29, 1.82) is 0 Å². The maximum absolute atomic E-state index is 12.1. The summed E-state index contributed by atoms with van der Waals surface area (Å²) in [7, 11) is 1.73. The molecule has 18 heavy (non-hydrogen) atoms. The maximum Gasteiger partial charge on any atom is 0.244 e. The van der Waals surface area contributed by atoms with Crippen molar-refractivity contribution < 1.29 is 9.59 Å². The highest BCUT2D eigenvalue weighted by atomic mass is 16.2. The zero-order valence-electron chi connectivity index (χ0n) is 11.7. The predicted octanol–water partition coefficient (Wildman–Crippen LogP) is 0.631. The van der Waals surface area contributed by atoms with Crippen LogP contribution in [-0.4, -0.2) is 41.9 Å². The smallest absolute Gasteiger partial charge is 0.244 e. The molecular formula is C13H25N3O2. The molecule has 1 rings (SSSR count). The van der Waals surface area contributed by atoms with Gasteiger partial charge >= 0.3 is 0 Å². The Hall–Kier alpha value is -1.10. The largest absolute Gasteiger partial charge is 0.344 e. The van der Waals surface area contributed by atoms with E-state index in [1.54, 1.807) is 18.9 Å². The second kappa shape index (κ2) is 6.18. The Morgan fingerprint density at radius 2 is 1.89 bits per heavy atom. The van der Waals surface area contributed by atoms with Crippen molar-refractivity contribution in [3.05, 3.63) is 0 Å². The van der Waals surface area contributed by atoms with Crippen LogP contribution in [0.2, 0.25) is 0 Å². The first-order chi connectivity index (χ1) is 8.40. The molecule has 1 fully saturated rings. The van der Waals surface area contributed by atoms with Gasteiger partial charge in [-0.15, -0.1) is 0 Å². The van der Waals surface area contributed by atoms with Crippen LogP contribution in [0, 0.1) is 0 Å². The van der Waals surface area contributed by atoms with Crippen LogP contribution in [0.3, 0.4) is 0 Å². The van der Waals surface area contributed by atoms with Gasteiger partial charge in [-0.1, -0.05) is 19.3 Å². The highest BCUT2D eigenvalue weighted by Crippen LogP contribution is 2.26. The molecule has 5 nitrogen and oxygen atoms in total. The van der Waals surface area contributed by atoms with Crippen LogP contribution >= 0.6 is 0 Å². The first kappa shape index (κ1) is 15.0. The summed E-state index contributed by atoms with van der Waals surface area (Å²) in [5.41, 5.74) is 5.34. The van der Waals surface area contributed by atoms with Crippen LogP contribution in [0.4, 0.5) is 0 Å². The minimum Gasteiger partial charge on any atom is -0.344 e. The van der Waals surface area contributed by atoms with Gasteiger partial charge in [0, 0.05) is 13.6 Å². The van der Waals surface area contributed by atoms with Crippen molar-refractivity contribution in [2.75, 3.05) is 13.6 Å². The summed E-state index contributed by atoms with van der Waals surface area (Å²) < 4.78 is 0. The lowest BCUT2D eigenvalue weighted by molar-refractivity contribution is -0.136. The standard InChI is InChI=1S/C13H25N3O2/c1-4-16(3)11(17)10(2)15-12(18)13(14)8-6-5-7-9-13/h10H,4-9,14H2,1-3H3,(H,15,18). The van der Waals surface area contributed by atoms with Crippen molar-refractivity contribution in [3.8, 4) is 0 Å². The molecule has 0 aromatic rings. The number of carbonyl (C=O) groups excluding carboxylic acids is 2. The van der Waals surface area contributed by atoms with Crippen LogP contribution in [0.5, 0.6) is 0 Å². The van der Waals surface area contributed by atoms with Gasteiger partial charge in [-0.3, -0.25) is 9.59 Å². The molecule has 104 valence electrons. The van der Waals surface area contributed by atoms with Gasteiger partial charge in [0.05, 0.1) is 5.54 Å². The van der Waals surface area contributed by atoms with Crippen LogP contribution in [0.1, 0.15) is 46.0 Å². The van der Waals surface area contributed by atoms with Crippen molar-refractivity contribution in [1.82, 2.24) is 10.2 Å². The molecule has 1 atom stereocenters. The van der Waals surface area contributed by atoms with Crippen molar-refractivity contribution in [3.63, 3.8) is 0 Å². The number of carbonyl (C=O) groups is 2. The van der Waals surface area contributed by atoms with E-state index in [1.165, 1.54) is 0 Å². The van der Waals surface area contributed by atoms with E-state index in [1.807, 2.05) is 6.92 Å². The van der Waals surface area contributed by atoms with E-state index in [0.717, 1.165) is 19.3 Å². The monoisotopic (exact) mass is 255 g/mol. The summed E-state index contributed by atoms with van der Waals surface area (Å²) in [4.78, 5) is 25.6. The fraction of sp³-hybridized carbons (Fsp3) is 0.846. The molecule has 0 aromatic heterocycles. The van der Waals surface area contributed by atoms with Gasteiger partial charge in [-0.2, -0.15) is 0 Å². The predicted molar refractivity (Wildman–Crippen MR) is 70.9 cm³/mol. The van der Waals surface area contributed by atoms with Crippen molar-refractivity contribution >= 4 is 11.8 Å². The average molecular weight is 255 g/mol. The van der Waals surface area contributed by atoms with Crippen LogP contribution in [-0.2, 0) is 9.59 Å². The molecule has 1 unspecified atom stereocenters. The molecular weight excluding hydrogens is 230 g/mol. The summed E-state index contributed by atoms with van der Waals surface area (Å²) in [6, 6.07) is -0.509. The number of nitrogens with one attached hydrogen (secondary N) is 1. The highest BCUT2D eigenvalue weighted by molar-refractivity contribution is 5.91. The number of hydrogen-bond donors (Lipinski definition) is 2. The molecule has 0 bridgehead atoms. The van der Waals surface area contributed by atoms with Crippen LogP contribution in [0.25, 0.3) is 0 Å². The van der Waals surface area contributed by atoms with E-state index < -0.39 is 11.6 Å². The van der Waals surface area contributed by atoms with E-state index in [0.29, 0.717) is 19.4 Å². The maximum atomic E-state index is 12.1. The van der Waals surface area contributed by atoms with Crippen LogP contribution < -0.4 is 11.1 Å². The van der Waals surface area contributed by atoms with E-state index in [-0.39, 0.29) is 11.8 Å². The summed E-state index contributed by atoms with van der Waals surface area (Å²) in [5, 5.41) is 2.75. The summed E-state index contributed by atoms with van der Waals surface area (Å²) in [6.45, 7) is 4.24.